The Labute approximate surface area is 243 Å². The second-order valence-corrected chi connectivity index (χ2v) is 15.0. The van der Waals surface area contributed by atoms with Gasteiger partial charge in [-0.2, -0.15) is 21.2 Å². The number of carbonyl (C=O) groups excluding carboxylic acids is 1. The largest absolute Gasteiger partial charge is 0.478 e. The van der Waals surface area contributed by atoms with Gasteiger partial charge in [0, 0.05) is 17.7 Å². The van der Waals surface area contributed by atoms with Gasteiger partial charge in [0.05, 0.1) is 27.8 Å². The monoisotopic (exact) mass is 597 g/mol. The number of fused-ring (bicyclic) bond motifs is 1. The van der Waals surface area contributed by atoms with Gasteiger partial charge in [-0.1, -0.05) is 61.7 Å². The van der Waals surface area contributed by atoms with Crippen LogP contribution in [-0.4, -0.2) is 46.7 Å². The fourth-order valence-corrected chi connectivity index (χ4v) is 9.95. The Morgan fingerprint density at radius 3 is 2.15 bits per heavy atom. The Bertz CT molecular complexity index is 1460. The van der Waals surface area contributed by atoms with E-state index in [1.165, 1.54) is 6.08 Å². The number of carboxylic acids is 1. The third kappa shape index (κ3) is 6.69. The lowest BCUT2D eigenvalue weighted by Crippen LogP contribution is -2.36. The predicted molar refractivity (Wildman–Crippen MR) is 165 cm³/mol. The molecule has 1 saturated carbocycles. The van der Waals surface area contributed by atoms with Crippen molar-refractivity contribution in [2.75, 3.05) is 16.4 Å². The van der Waals surface area contributed by atoms with E-state index >= 15 is 0 Å². The van der Waals surface area contributed by atoms with Crippen LogP contribution in [0.25, 0.3) is 17.2 Å². The summed E-state index contributed by atoms with van der Waals surface area (Å²) in [6.07, 6.45) is 7.49. The summed E-state index contributed by atoms with van der Waals surface area (Å²) < 4.78 is 42.0. The molecule has 1 aliphatic carbocycles. The van der Waals surface area contributed by atoms with Crippen LogP contribution in [0.2, 0.25) is 0 Å². The number of anilines is 1. The summed E-state index contributed by atoms with van der Waals surface area (Å²) in [4.78, 5) is 26.9. The van der Waals surface area contributed by atoms with Crippen molar-refractivity contribution in [2.24, 2.45) is 5.92 Å². The van der Waals surface area contributed by atoms with Gasteiger partial charge in [-0.3, -0.25) is 23.0 Å². The van der Waals surface area contributed by atoms with Crippen LogP contribution in [0, 0.1) is 5.92 Å². The quantitative estimate of drug-likeness (QED) is 0.175. The van der Waals surface area contributed by atoms with Crippen molar-refractivity contribution in [2.45, 2.75) is 48.4 Å². The number of nitrogens with zero attached hydrogens (tertiary/aromatic N) is 1. The summed E-state index contributed by atoms with van der Waals surface area (Å²) >= 11 is 0. The van der Waals surface area contributed by atoms with Gasteiger partial charge in [0.15, 0.2) is 0 Å². The zero-order chi connectivity index (χ0) is 29.2. The second-order valence-electron chi connectivity index (χ2n) is 10.6. The van der Waals surface area contributed by atoms with Gasteiger partial charge in [0.25, 0.3) is 0 Å². The van der Waals surface area contributed by atoms with Gasteiger partial charge in [-0.15, -0.1) is 0 Å². The SMILES string of the molecule is O=C(O)C=Cc1cccc(N(Cc2ccc(-c3ccc4c(c3)S(O)(O)CCS4(O)O)cc2)C(=O)C2CCCCC2)c1. The summed E-state index contributed by atoms with van der Waals surface area (Å²) in [6.45, 7) is 0.341. The first-order chi connectivity index (χ1) is 19.5. The minimum absolute atomic E-state index is 0.0521. The highest BCUT2D eigenvalue weighted by Crippen LogP contribution is 2.65. The maximum Gasteiger partial charge on any atom is 0.328 e. The van der Waals surface area contributed by atoms with E-state index < -0.39 is 27.1 Å². The van der Waals surface area contributed by atoms with E-state index in [4.69, 9.17) is 5.11 Å². The highest BCUT2D eigenvalue weighted by atomic mass is 32.3. The molecule has 3 aromatic rings. The van der Waals surface area contributed by atoms with Gasteiger partial charge in [-0.25, -0.2) is 4.79 Å². The Kier molecular flexibility index (Phi) is 8.60. The lowest BCUT2D eigenvalue weighted by Gasteiger charge is -2.46. The number of rotatable bonds is 7. The molecule has 0 bridgehead atoms. The summed E-state index contributed by atoms with van der Waals surface area (Å²) in [7, 11) is -6.17. The molecule has 1 fully saturated rings. The summed E-state index contributed by atoms with van der Waals surface area (Å²) in [5.41, 5.74) is 3.84. The molecule has 1 amide bonds. The van der Waals surface area contributed by atoms with Gasteiger partial charge in [0.2, 0.25) is 5.91 Å². The Balaban J connectivity index is 1.43. The van der Waals surface area contributed by atoms with E-state index in [-0.39, 0.29) is 33.1 Å². The molecule has 0 atom stereocenters. The van der Waals surface area contributed by atoms with Crippen molar-refractivity contribution in [1.82, 2.24) is 0 Å². The number of hydrogen-bond donors (Lipinski definition) is 5. The van der Waals surface area contributed by atoms with Crippen LogP contribution < -0.4 is 4.90 Å². The molecular weight excluding hydrogens is 562 g/mol. The van der Waals surface area contributed by atoms with Crippen LogP contribution in [0.1, 0.15) is 43.2 Å². The van der Waals surface area contributed by atoms with Crippen LogP contribution in [0.4, 0.5) is 5.69 Å². The molecule has 41 heavy (non-hydrogen) atoms. The molecule has 1 heterocycles. The molecule has 0 spiro atoms. The van der Waals surface area contributed by atoms with Gasteiger partial charge >= 0.3 is 5.97 Å². The fourth-order valence-electron chi connectivity index (χ4n) is 5.48. The molecule has 2 aliphatic rings. The average Bonchev–Trinajstić information content (AvgIpc) is 2.97. The Morgan fingerprint density at radius 1 is 0.805 bits per heavy atom. The maximum absolute atomic E-state index is 13.7. The number of amides is 1. The molecule has 0 radical (unpaired) electrons. The minimum Gasteiger partial charge on any atom is -0.478 e. The van der Waals surface area contributed by atoms with Crippen molar-refractivity contribution >= 4 is 44.8 Å². The van der Waals surface area contributed by atoms with Crippen molar-refractivity contribution in [3.63, 3.8) is 0 Å². The zero-order valence-corrected chi connectivity index (χ0v) is 24.2. The van der Waals surface area contributed by atoms with E-state index in [9.17, 15) is 27.8 Å². The fraction of sp³-hybridized carbons (Fsp3) is 0.290. The molecule has 1 aliphatic heterocycles. The topological polar surface area (TPSA) is 139 Å². The third-order valence-electron chi connectivity index (χ3n) is 7.75. The molecule has 8 nitrogen and oxygen atoms in total. The number of aliphatic carboxylic acids is 1. The Hall–Kier alpha value is -3.12. The van der Waals surface area contributed by atoms with E-state index in [0.29, 0.717) is 17.8 Å². The molecular formula is C31H35NO7S2. The van der Waals surface area contributed by atoms with E-state index in [0.717, 1.165) is 54.9 Å². The molecule has 218 valence electrons. The first-order valence-electron chi connectivity index (χ1n) is 13.6. The predicted octanol–water partition coefficient (Wildman–Crippen LogP) is 7.80. The molecule has 0 unspecified atom stereocenters. The van der Waals surface area contributed by atoms with Gasteiger partial charge < -0.3 is 10.0 Å². The first-order valence-corrected chi connectivity index (χ1v) is 17.0. The first kappa shape index (κ1) is 29.4. The van der Waals surface area contributed by atoms with Crippen LogP contribution >= 0.6 is 21.2 Å². The third-order valence-corrected chi connectivity index (χ3v) is 11.8. The standard InChI is InChI=1S/C31H35NO7S2/c33-30(34)16-11-22-5-4-8-27(19-22)32(31(35)25-6-2-1-3-7-25)21-23-9-12-24(13-10-23)26-14-15-28-29(20-26)41(38,39)18-17-40(28,36)37/h4-5,8-16,19-20,25,36-39H,1-3,6-7,17-18,21H2,(H,33,34). The van der Waals surface area contributed by atoms with Crippen molar-refractivity contribution in [3.8, 4) is 11.1 Å². The van der Waals surface area contributed by atoms with E-state index in [2.05, 4.69) is 0 Å². The van der Waals surface area contributed by atoms with Crippen molar-refractivity contribution in [1.29, 1.82) is 0 Å². The summed E-state index contributed by atoms with van der Waals surface area (Å²) in [5.74, 6) is -1.17. The highest BCUT2D eigenvalue weighted by molar-refractivity contribution is 8.30. The lowest BCUT2D eigenvalue weighted by atomic mass is 9.88. The molecule has 3 aromatic carbocycles. The molecule has 0 aromatic heterocycles. The zero-order valence-electron chi connectivity index (χ0n) is 22.6. The summed E-state index contributed by atoms with van der Waals surface area (Å²) in [6, 6.07) is 19.9. The molecule has 5 rings (SSSR count). The van der Waals surface area contributed by atoms with Crippen LogP contribution in [-0.2, 0) is 16.1 Å². The number of hydrogen-bond acceptors (Lipinski definition) is 6. The smallest absolute Gasteiger partial charge is 0.328 e. The minimum atomic E-state index is -3.11. The second kappa shape index (κ2) is 12.0. The van der Waals surface area contributed by atoms with Crippen molar-refractivity contribution < 1.29 is 32.9 Å². The van der Waals surface area contributed by atoms with Crippen LogP contribution in [0.15, 0.2) is 82.6 Å². The summed E-state index contributed by atoms with van der Waals surface area (Å²) in [5, 5.41) is 9.02. The number of carbonyl (C=O) groups is 2. The van der Waals surface area contributed by atoms with Gasteiger partial charge in [-0.05, 0) is 65.4 Å². The maximum atomic E-state index is 13.7. The van der Waals surface area contributed by atoms with E-state index in [1.807, 2.05) is 42.5 Å². The van der Waals surface area contributed by atoms with Gasteiger partial charge in [0.1, 0.15) is 0 Å². The normalized spacial score (nSPS) is 19.7. The lowest BCUT2D eigenvalue weighted by molar-refractivity contribution is -0.131. The highest BCUT2D eigenvalue weighted by Gasteiger charge is 2.34. The van der Waals surface area contributed by atoms with Crippen molar-refractivity contribution in [3.05, 3.63) is 83.9 Å². The van der Waals surface area contributed by atoms with Crippen LogP contribution in [0.5, 0.6) is 0 Å². The Morgan fingerprint density at radius 2 is 1.46 bits per heavy atom. The molecule has 0 saturated heterocycles. The molecule has 5 N–H and O–H groups in total. The van der Waals surface area contributed by atoms with Crippen LogP contribution in [0.3, 0.4) is 0 Å². The number of carboxylic acid groups (broad SMARTS) is 1. The van der Waals surface area contributed by atoms with E-state index in [1.54, 1.807) is 29.2 Å². The number of benzene rings is 3. The average molecular weight is 598 g/mol. The molecule has 10 heteroatoms.